The molecule has 0 fully saturated rings. The van der Waals surface area contributed by atoms with E-state index >= 15 is 0 Å². The number of pyridine rings is 1. The van der Waals surface area contributed by atoms with Crippen LogP contribution in [0.1, 0.15) is 48.0 Å². The minimum Gasteiger partial charge on any atom is -0.488 e. The summed E-state index contributed by atoms with van der Waals surface area (Å²) in [7, 11) is 0. The number of hydrogen-bond donors (Lipinski definition) is 0. The molecule has 0 aliphatic rings. The number of carbonyl (C=O) groups is 1. The Morgan fingerprint density at radius 2 is 1.63 bits per heavy atom. The smallest absolute Gasteiger partial charge is 0.345 e. The van der Waals surface area contributed by atoms with E-state index in [1.165, 1.54) is 0 Å². The van der Waals surface area contributed by atoms with E-state index in [4.69, 9.17) is 21.1 Å². The zero-order valence-corrected chi connectivity index (χ0v) is 18.0. The standard InChI is InChI=1S/C25H24ClNO3/c1-25(2,3)30-24(28)22-21(29-17-19-12-8-5-9-13-19)16-20(27-23(22)26)15-14-18-10-6-4-7-11-18/h4-16H,17H2,1-3H3/b15-14+. The Balaban J connectivity index is 1.94. The molecule has 0 unspecified atom stereocenters. The first-order valence-corrected chi connectivity index (χ1v) is 10.0. The molecule has 1 heterocycles. The zero-order valence-electron chi connectivity index (χ0n) is 17.3. The van der Waals surface area contributed by atoms with Crippen LogP contribution in [0.2, 0.25) is 5.15 Å². The quantitative estimate of drug-likeness (QED) is 0.339. The lowest BCUT2D eigenvalue weighted by atomic mass is 10.1. The minimum atomic E-state index is -0.664. The lowest BCUT2D eigenvalue weighted by Gasteiger charge is -2.21. The van der Waals surface area contributed by atoms with Gasteiger partial charge in [-0.15, -0.1) is 0 Å². The van der Waals surface area contributed by atoms with Gasteiger partial charge in [-0.3, -0.25) is 0 Å². The highest BCUT2D eigenvalue weighted by atomic mass is 35.5. The summed E-state index contributed by atoms with van der Waals surface area (Å²) in [5, 5.41) is 0.0440. The van der Waals surface area contributed by atoms with Crippen LogP contribution in [0.3, 0.4) is 0 Å². The van der Waals surface area contributed by atoms with Crippen molar-refractivity contribution in [2.24, 2.45) is 0 Å². The van der Waals surface area contributed by atoms with Crippen molar-refractivity contribution in [1.29, 1.82) is 0 Å². The Morgan fingerprint density at radius 1 is 1.00 bits per heavy atom. The van der Waals surface area contributed by atoms with Crippen LogP contribution in [-0.2, 0) is 11.3 Å². The predicted octanol–water partition coefficient (Wildman–Crippen LogP) is 6.44. The first-order chi connectivity index (χ1) is 14.3. The number of rotatable bonds is 6. The molecular weight excluding hydrogens is 398 g/mol. The van der Waals surface area contributed by atoms with Gasteiger partial charge in [0, 0.05) is 6.07 Å². The van der Waals surface area contributed by atoms with Gasteiger partial charge in [0.25, 0.3) is 0 Å². The number of ether oxygens (including phenoxy) is 2. The minimum absolute atomic E-state index is 0.0440. The molecular formula is C25H24ClNO3. The molecule has 154 valence electrons. The number of esters is 1. The third kappa shape index (κ3) is 6.19. The van der Waals surface area contributed by atoms with Crippen molar-refractivity contribution in [3.8, 4) is 5.75 Å². The molecule has 4 nitrogen and oxygen atoms in total. The zero-order chi connectivity index (χ0) is 21.6. The molecule has 3 aromatic rings. The van der Waals surface area contributed by atoms with Crippen LogP contribution in [0.4, 0.5) is 0 Å². The lowest BCUT2D eigenvalue weighted by Crippen LogP contribution is -2.24. The van der Waals surface area contributed by atoms with Crippen LogP contribution in [-0.4, -0.2) is 16.6 Å². The molecule has 0 saturated heterocycles. The topological polar surface area (TPSA) is 48.4 Å². The first kappa shape index (κ1) is 21.6. The second kappa shape index (κ2) is 9.59. The Kier molecular flexibility index (Phi) is 6.91. The van der Waals surface area contributed by atoms with E-state index in [1.54, 1.807) is 26.8 Å². The molecule has 0 aliphatic heterocycles. The van der Waals surface area contributed by atoms with E-state index < -0.39 is 11.6 Å². The van der Waals surface area contributed by atoms with Crippen molar-refractivity contribution in [2.45, 2.75) is 33.0 Å². The van der Waals surface area contributed by atoms with Crippen LogP contribution in [0, 0.1) is 0 Å². The molecule has 0 bridgehead atoms. The second-order valence-electron chi connectivity index (χ2n) is 7.73. The van der Waals surface area contributed by atoms with Gasteiger partial charge in [0.2, 0.25) is 0 Å². The van der Waals surface area contributed by atoms with Gasteiger partial charge in [-0.2, -0.15) is 0 Å². The molecule has 5 heteroatoms. The number of carbonyl (C=O) groups excluding carboxylic acids is 1. The molecule has 0 amide bonds. The summed E-state index contributed by atoms with van der Waals surface area (Å²) in [6.45, 7) is 5.69. The molecule has 0 radical (unpaired) electrons. The van der Waals surface area contributed by atoms with Crippen LogP contribution >= 0.6 is 11.6 Å². The van der Waals surface area contributed by atoms with Gasteiger partial charge in [0.05, 0.1) is 5.69 Å². The Hall–Kier alpha value is -3.11. The number of hydrogen-bond acceptors (Lipinski definition) is 4. The molecule has 0 N–H and O–H groups in total. The third-order valence-electron chi connectivity index (χ3n) is 4.05. The molecule has 0 aliphatic carbocycles. The van der Waals surface area contributed by atoms with Crippen molar-refractivity contribution in [1.82, 2.24) is 4.98 Å². The summed E-state index contributed by atoms with van der Waals surface area (Å²) in [6, 6.07) is 21.2. The third-order valence-corrected chi connectivity index (χ3v) is 4.32. The van der Waals surface area contributed by atoms with Gasteiger partial charge in [-0.25, -0.2) is 9.78 Å². The van der Waals surface area contributed by atoms with Gasteiger partial charge < -0.3 is 9.47 Å². The van der Waals surface area contributed by atoms with Crippen molar-refractivity contribution in [3.05, 3.63) is 94.3 Å². The number of halogens is 1. The van der Waals surface area contributed by atoms with E-state index in [-0.39, 0.29) is 10.7 Å². The fourth-order valence-corrected chi connectivity index (χ4v) is 2.97. The molecule has 0 saturated carbocycles. The van der Waals surface area contributed by atoms with Crippen molar-refractivity contribution in [3.63, 3.8) is 0 Å². The number of nitrogens with zero attached hydrogens (tertiary/aromatic N) is 1. The van der Waals surface area contributed by atoms with E-state index in [9.17, 15) is 4.79 Å². The maximum atomic E-state index is 12.8. The SMILES string of the molecule is CC(C)(C)OC(=O)c1c(OCc2ccccc2)cc(/C=C/c2ccccc2)nc1Cl. The summed E-state index contributed by atoms with van der Waals surface area (Å²) in [6.07, 6.45) is 3.75. The van der Waals surface area contributed by atoms with Gasteiger partial charge >= 0.3 is 5.97 Å². The van der Waals surface area contributed by atoms with E-state index in [0.717, 1.165) is 11.1 Å². The fourth-order valence-electron chi connectivity index (χ4n) is 2.70. The molecule has 1 aromatic heterocycles. The van der Waals surface area contributed by atoms with Crippen LogP contribution in [0.15, 0.2) is 66.7 Å². The molecule has 0 spiro atoms. The molecule has 3 rings (SSSR count). The monoisotopic (exact) mass is 421 g/mol. The predicted molar refractivity (Wildman–Crippen MR) is 121 cm³/mol. The Bertz CT molecular complexity index is 1030. The van der Waals surface area contributed by atoms with Crippen molar-refractivity contribution in [2.75, 3.05) is 0 Å². The van der Waals surface area contributed by atoms with Gasteiger partial charge in [0.15, 0.2) is 0 Å². The number of aromatic nitrogens is 1. The summed E-state index contributed by atoms with van der Waals surface area (Å²) < 4.78 is 11.5. The van der Waals surface area contributed by atoms with E-state index in [1.807, 2.05) is 72.8 Å². The summed E-state index contributed by atoms with van der Waals surface area (Å²) >= 11 is 6.40. The summed E-state index contributed by atoms with van der Waals surface area (Å²) in [5.41, 5.74) is 2.04. The average Bonchev–Trinajstić information content (AvgIpc) is 2.70. The molecule has 0 atom stereocenters. The van der Waals surface area contributed by atoms with Crippen LogP contribution < -0.4 is 4.74 Å². The fraction of sp³-hybridized carbons (Fsp3) is 0.200. The average molecular weight is 422 g/mol. The Morgan fingerprint density at radius 3 is 2.27 bits per heavy atom. The van der Waals surface area contributed by atoms with Crippen molar-refractivity contribution >= 4 is 29.7 Å². The lowest BCUT2D eigenvalue weighted by molar-refractivity contribution is 0.00652. The van der Waals surface area contributed by atoms with Gasteiger partial charge in [-0.05, 0) is 38.0 Å². The molecule has 30 heavy (non-hydrogen) atoms. The highest BCUT2D eigenvalue weighted by molar-refractivity contribution is 6.32. The van der Waals surface area contributed by atoms with E-state index in [0.29, 0.717) is 18.1 Å². The summed E-state index contributed by atoms with van der Waals surface area (Å²) in [4.78, 5) is 17.1. The second-order valence-corrected chi connectivity index (χ2v) is 8.09. The highest BCUT2D eigenvalue weighted by Gasteiger charge is 2.25. The maximum absolute atomic E-state index is 12.8. The van der Waals surface area contributed by atoms with Crippen molar-refractivity contribution < 1.29 is 14.3 Å². The normalized spacial score (nSPS) is 11.5. The Labute approximate surface area is 182 Å². The highest BCUT2D eigenvalue weighted by Crippen LogP contribution is 2.30. The largest absolute Gasteiger partial charge is 0.488 e. The van der Waals surface area contributed by atoms with E-state index in [2.05, 4.69) is 4.98 Å². The van der Waals surface area contributed by atoms with Gasteiger partial charge in [0.1, 0.15) is 28.7 Å². The molecule has 2 aromatic carbocycles. The summed E-state index contributed by atoms with van der Waals surface area (Å²) in [5.74, 6) is -0.234. The van der Waals surface area contributed by atoms with Crippen LogP contribution in [0.5, 0.6) is 5.75 Å². The number of benzene rings is 2. The van der Waals surface area contributed by atoms with Gasteiger partial charge in [-0.1, -0.05) is 78.3 Å². The van der Waals surface area contributed by atoms with Crippen LogP contribution in [0.25, 0.3) is 12.2 Å². The first-order valence-electron chi connectivity index (χ1n) is 9.65. The maximum Gasteiger partial charge on any atom is 0.345 e.